The van der Waals surface area contributed by atoms with Crippen molar-refractivity contribution in [1.29, 1.82) is 0 Å². The molecule has 2 aliphatic rings. The normalized spacial score (nSPS) is 49.2. The zero-order valence-corrected chi connectivity index (χ0v) is 14.0. The van der Waals surface area contributed by atoms with E-state index in [0.717, 1.165) is 0 Å². The fraction of sp³-hybridized carbons (Fsp3) is 1.00. The maximum atomic E-state index is 10.0. The Balaban J connectivity index is 0.00000139. The Morgan fingerprint density at radius 1 is 0.917 bits per heavy atom. The summed E-state index contributed by atoms with van der Waals surface area (Å²) in [4.78, 5) is 0. The minimum Gasteiger partial charge on any atom is -0.394 e. The number of hydrogen-bond donors (Lipinski definition) is 8. The first kappa shape index (κ1) is 21.6. The van der Waals surface area contributed by atoms with E-state index >= 15 is 0 Å². The summed E-state index contributed by atoms with van der Waals surface area (Å²) >= 11 is 0. The molecule has 2 rings (SSSR count). The molecule has 0 radical (unpaired) electrons. The van der Waals surface area contributed by atoms with Gasteiger partial charge in [0, 0.05) is 12.1 Å². The molecular weight excluding hydrogens is 322 g/mol. The van der Waals surface area contributed by atoms with Gasteiger partial charge in [0.05, 0.1) is 18.8 Å². The van der Waals surface area contributed by atoms with E-state index in [1.165, 1.54) is 0 Å². The summed E-state index contributed by atoms with van der Waals surface area (Å²) < 4.78 is 10.8. The molecule has 1 aliphatic carbocycles. The number of ether oxygens (including phenoxy) is 2. The lowest BCUT2D eigenvalue weighted by atomic mass is 9.84. The van der Waals surface area contributed by atoms with E-state index < -0.39 is 67.6 Å². The van der Waals surface area contributed by atoms with E-state index in [1.807, 2.05) is 13.8 Å². The van der Waals surface area contributed by atoms with Gasteiger partial charge in [0.25, 0.3) is 0 Å². The van der Waals surface area contributed by atoms with Gasteiger partial charge in [-0.15, -0.1) is 0 Å². The second-order valence-corrected chi connectivity index (χ2v) is 5.93. The molecule has 0 bridgehead atoms. The van der Waals surface area contributed by atoms with E-state index in [-0.39, 0.29) is 6.42 Å². The van der Waals surface area contributed by atoms with Crippen molar-refractivity contribution in [3.8, 4) is 0 Å². The Labute approximate surface area is 141 Å². The molecule has 2 fully saturated rings. The summed E-state index contributed by atoms with van der Waals surface area (Å²) in [6, 6.07) is -2.45. The van der Waals surface area contributed by atoms with Crippen LogP contribution in [0.4, 0.5) is 0 Å². The zero-order chi connectivity index (χ0) is 18.6. The van der Waals surface area contributed by atoms with Crippen molar-refractivity contribution in [2.75, 3.05) is 6.61 Å². The van der Waals surface area contributed by atoms with Gasteiger partial charge in [-0.05, 0) is 6.42 Å². The van der Waals surface area contributed by atoms with Gasteiger partial charge >= 0.3 is 0 Å². The van der Waals surface area contributed by atoms with Gasteiger partial charge in [0.2, 0.25) is 0 Å². The van der Waals surface area contributed by atoms with E-state index in [2.05, 4.69) is 0 Å². The van der Waals surface area contributed by atoms with Crippen LogP contribution in [0.15, 0.2) is 0 Å². The van der Waals surface area contributed by atoms with Gasteiger partial charge in [0.1, 0.15) is 30.5 Å². The fourth-order valence-corrected chi connectivity index (χ4v) is 2.85. The SMILES string of the molecule is CC.NC1CC(N)C(OC2OC(CO)C(O)C(O)C2N)C(O)C1O. The second kappa shape index (κ2) is 9.34. The standard InChI is InChI=1S/C12H25N3O7.C2H6/c13-3-1-4(14)11(10(20)7(3)17)22-12-6(15)9(19)8(18)5(2-16)21-12;1-2/h3-12,16-20H,1-2,13-15H2;1-2H3. The number of nitrogens with two attached hydrogens (primary N) is 3. The molecule has 10 heteroatoms. The predicted octanol–water partition coefficient (Wildman–Crippen LogP) is -4.06. The summed E-state index contributed by atoms with van der Waals surface area (Å²) in [6.45, 7) is 3.46. The summed E-state index contributed by atoms with van der Waals surface area (Å²) in [5.41, 5.74) is 17.3. The van der Waals surface area contributed by atoms with Crippen LogP contribution in [-0.2, 0) is 9.47 Å². The number of rotatable bonds is 3. The first-order valence-electron chi connectivity index (χ1n) is 8.18. The van der Waals surface area contributed by atoms with Crippen LogP contribution in [0.3, 0.4) is 0 Å². The lowest BCUT2D eigenvalue weighted by Gasteiger charge is -2.45. The van der Waals surface area contributed by atoms with E-state index in [1.54, 1.807) is 0 Å². The number of hydrogen-bond acceptors (Lipinski definition) is 10. The smallest absolute Gasteiger partial charge is 0.176 e. The zero-order valence-electron chi connectivity index (χ0n) is 14.0. The fourth-order valence-electron chi connectivity index (χ4n) is 2.85. The molecule has 0 spiro atoms. The van der Waals surface area contributed by atoms with E-state index in [0.29, 0.717) is 0 Å². The molecule has 1 saturated heterocycles. The van der Waals surface area contributed by atoms with Crippen LogP contribution in [0.5, 0.6) is 0 Å². The van der Waals surface area contributed by atoms with Crippen LogP contribution < -0.4 is 17.2 Å². The molecule has 1 aliphatic heterocycles. The van der Waals surface area contributed by atoms with Gasteiger partial charge in [0.15, 0.2) is 6.29 Å². The molecule has 144 valence electrons. The largest absolute Gasteiger partial charge is 0.394 e. The summed E-state index contributed by atoms with van der Waals surface area (Å²) in [5, 5.41) is 48.6. The van der Waals surface area contributed by atoms with Crippen molar-refractivity contribution < 1.29 is 35.0 Å². The maximum Gasteiger partial charge on any atom is 0.176 e. The third-order valence-electron chi connectivity index (χ3n) is 4.31. The van der Waals surface area contributed by atoms with Crippen LogP contribution >= 0.6 is 0 Å². The molecule has 24 heavy (non-hydrogen) atoms. The minimum absolute atomic E-state index is 0.222. The molecule has 0 aromatic rings. The van der Waals surface area contributed by atoms with E-state index in [4.69, 9.17) is 31.8 Å². The lowest BCUT2D eigenvalue weighted by molar-refractivity contribution is -0.293. The molecule has 0 aromatic carbocycles. The topological polar surface area (TPSA) is 198 Å². The average Bonchev–Trinajstić information content (AvgIpc) is 2.58. The molecule has 11 N–H and O–H groups in total. The van der Waals surface area contributed by atoms with Crippen LogP contribution in [0.25, 0.3) is 0 Å². The average molecular weight is 353 g/mol. The molecule has 10 atom stereocenters. The Hall–Kier alpha value is -0.400. The van der Waals surface area contributed by atoms with Crippen LogP contribution in [0.1, 0.15) is 20.3 Å². The van der Waals surface area contributed by atoms with Gasteiger partial charge in [-0.2, -0.15) is 0 Å². The highest BCUT2D eigenvalue weighted by atomic mass is 16.7. The molecule has 1 saturated carbocycles. The van der Waals surface area contributed by atoms with Crippen molar-refractivity contribution in [3.05, 3.63) is 0 Å². The molecular formula is C14H31N3O7. The molecule has 1 heterocycles. The van der Waals surface area contributed by atoms with Crippen LogP contribution in [-0.4, -0.2) is 93.2 Å². The van der Waals surface area contributed by atoms with Crippen molar-refractivity contribution in [3.63, 3.8) is 0 Å². The number of aliphatic hydroxyl groups is 5. The van der Waals surface area contributed by atoms with E-state index in [9.17, 15) is 20.4 Å². The maximum absolute atomic E-state index is 10.0. The van der Waals surface area contributed by atoms with Gasteiger partial charge in [-0.3, -0.25) is 0 Å². The highest BCUT2D eigenvalue weighted by molar-refractivity contribution is 4.99. The Morgan fingerprint density at radius 3 is 2.04 bits per heavy atom. The first-order chi connectivity index (χ1) is 11.3. The van der Waals surface area contributed by atoms with Crippen molar-refractivity contribution in [2.45, 2.75) is 81.3 Å². The first-order valence-corrected chi connectivity index (χ1v) is 8.18. The summed E-state index contributed by atoms with van der Waals surface area (Å²) in [6.07, 6.45) is -8.36. The lowest BCUT2D eigenvalue weighted by Crippen LogP contribution is -2.67. The third kappa shape index (κ3) is 4.41. The van der Waals surface area contributed by atoms with Gasteiger partial charge in [-0.1, -0.05) is 13.8 Å². The minimum atomic E-state index is -1.37. The molecule has 10 unspecified atom stereocenters. The summed E-state index contributed by atoms with van der Waals surface area (Å²) in [5.74, 6) is 0. The van der Waals surface area contributed by atoms with Crippen LogP contribution in [0.2, 0.25) is 0 Å². The van der Waals surface area contributed by atoms with Gasteiger partial charge in [-0.25, -0.2) is 0 Å². The highest BCUT2D eigenvalue weighted by Crippen LogP contribution is 2.27. The van der Waals surface area contributed by atoms with Crippen molar-refractivity contribution >= 4 is 0 Å². The van der Waals surface area contributed by atoms with Crippen molar-refractivity contribution in [2.24, 2.45) is 17.2 Å². The second-order valence-electron chi connectivity index (χ2n) is 5.93. The van der Waals surface area contributed by atoms with Crippen molar-refractivity contribution in [1.82, 2.24) is 0 Å². The quantitative estimate of drug-likeness (QED) is 0.247. The van der Waals surface area contributed by atoms with Crippen LogP contribution in [0, 0.1) is 0 Å². The molecule has 10 nitrogen and oxygen atoms in total. The monoisotopic (exact) mass is 353 g/mol. The third-order valence-corrected chi connectivity index (χ3v) is 4.31. The van der Waals surface area contributed by atoms with Gasteiger partial charge < -0.3 is 52.2 Å². The Morgan fingerprint density at radius 2 is 1.50 bits per heavy atom. The Kier molecular flexibility index (Phi) is 8.42. The highest BCUT2D eigenvalue weighted by Gasteiger charge is 2.47. The molecule has 0 aromatic heterocycles. The Bertz CT molecular complexity index is 376. The summed E-state index contributed by atoms with van der Waals surface area (Å²) in [7, 11) is 0. The molecule has 0 amide bonds. The number of aliphatic hydroxyl groups excluding tert-OH is 5. The predicted molar refractivity (Wildman–Crippen MR) is 84.5 cm³/mol.